The van der Waals surface area contributed by atoms with Gasteiger partial charge in [0.1, 0.15) is 5.82 Å². The Morgan fingerprint density at radius 3 is 2.33 bits per heavy atom. The van der Waals surface area contributed by atoms with Crippen LogP contribution in [0.3, 0.4) is 0 Å². The zero-order valence-corrected chi connectivity index (χ0v) is 16.1. The second-order valence-electron chi connectivity index (χ2n) is 7.50. The molecule has 0 fully saturated rings. The highest BCUT2D eigenvalue weighted by Gasteiger charge is 2.26. The molecule has 4 nitrogen and oxygen atoms in total. The van der Waals surface area contributed by atoms with Crippen molar-refractivity contribution in [3.63, 3.8) is 0 Å². The highest BCUT2D eigenvalue weighted by Crippen LogP contribution is 2.25. The minimum atomic E-state index is 0.0806. The third-order valence-electron chi connectivity index (χ3n) is 5.33. The van der Waals surface area contributed by atoms with Crippen molar-refractivity contribution in [1.29, 1.82) is 0 Å². The van der Waals surface area contributed by atoms with Crippen molar-refractivity contribution in [2.24, 2.45) is 7.05 Å². The summed E-state index contributed by atoms with van der Waals surface area (Å²) >= 11 is 0. The lowest BCUT2D eigenvalue weighted by molar-refractivity contribution is 0.0731. The quantitative estimate of drug-likeness (QED) is 0.695. The van der Waals surface area contributed by atoms with Gasteiger partial charge in [-0.25, -0.2) is 4.98 Å². The average molecular weight is 359 g/mol. The van der Waals surface area contributed by atoms with Crippen molar-refractivity contribution < 1.29 is 4.79 Å². The third kappa shape index (κ3) is 3.27. The van der Waals surface area contributed by atoms with Gasteiger partial charge in [-0.2, -0.15) is 0 Å². The summed E-state index contributed by atoms with van der Waals surface area (Å²) < 4.78 is 2.20. The van der Waals surface area contributed by atoms with E-state index in [-0.39, 0.29) is 5.91 Å². The Morgan fingerprint density at radius 1 is 1.00 bits per heavy atom. The second kappa shape index (κ2) is 7.03. The van der Waals surface area contributed by atoms with Crippen LogP contribution >= 0.6 is 0 Å². The Balaban J connectivity index is 1.53. The van der Waals surface area contributed by atoms with Crippen LogP contribution in [0.1, 0.15) is 47.3 Å². The molecular formula is C23H25N3O. The van der Waals surface area contributed by atoms with Gasteiger partial charge in [-0.3, -0.25) is 4.79 Å². The number of benzene rings is 2. The van der Waals surface area contributed by atoms with Crippen molar-refractivity contribution in [3.8, 4) is 11.1 Å². The topological polar surface area (TPSA) is 38.1 Å². The first kappa shape index (κ1) is 17.5. The number of carbonyl (C=O) groups is 1. The van der Waals surface area contributed by atoms with Crippen LogP contribution in [0.15, 0.2) is 54.6 Å². The lowest BCUT2D eigenvalue weighted by Crippen LogP contribution is -2.36. The van der Waals surface area contributed by atoms with Crippen molar-refractivity contribution >= 4 is 5.91 Å². The monoisotopic (exact) mass is 359 g/mol. The number of amides is 1. The van der Waals surface area contributed by atoms with Gasteiger partial charge in [-0.1, -0.05) is 56.3 Å². The zero-order valence-electron chi connectivity index (χ0n) is 16.1. The van der Waals surface area contributed by atoms with E-state index in [1.54, 1.807) is 0 Å². The van der Waals surface area contributed by atoms with Crippen molar-refractivity contribution in [1.82, 2.24) is 14.5 Å². The lowest BCUT2D eigenvalue weighted by Gasteiger charge is -2.27. The molecule has 1 aliphatic heterocycles. The summed E-state index contributed by atoms with van der Waals surface area (Å²) in [5, 5.41) is 0. The number of rotatable bonds is 3. The summed E-state index contributed by atoms with van der Waals surface area (Å²) in [6.45, 7) is 5.65. The number of nitrogens with zero attached hydrogens (tertiary/aromatic N) is 3. The molecule has 138 valence electrons. The number of hydrogen-bond acceptors (Lipinski definition) is 2. The molecule has 3 aromatic rings. The van der Waals surface area contributed by atoms with E-state index < -0.39 is 0 Å². The van der Waals surface area contributed by atoms with Gasteiger partial charge < -0.3 is 9.47 Å². The van der Waals surface area contributed by atoms with Gasteiger partial charge in [0.15, 0.2) is 0 Å². The Labute approximate surface area is 160 Å². The van der Waals surface area contributed by atoms with Crippen LogP contribution in [0, 0.1) is 0 Å². The maximum Gasteiger partial charge on any atom is 0.254 e. The van der Waals surface area contributed by atoms with E-state index in [1.165, 1.54) is 5.69 Å². The van der Waals surface area contributed by atoms with Gasteiger partial charge in [-0.05, 0) is 23.3 Å². The first-order valence-electron chi connectivity index (χ1n) is 9.53. The second-order valence-corrected chi connectivity index (χ2v) is 7.50. The molecule has 0 spiro atoms. The van der Waals surface area contributed by atoms with E-state index in [0.29, 0.717) is 12.5 Å². The highest BCUT2D eigenvalue weighted by atomic mass is 16.2. The Kier molecular flexibility index (Phi) is 4.56. The molecule has 0 saturated carbocycles. The number of fused-ring (bicyclic) bond motifs is 1. The number of imidazole rings is 1. The van der Waals surface area contributed by atoms with Crippen LogP contribution in [0.4, 0.5) is 0 Å². The van der Waals surface area contributed by atoms with Crippen LogP contribution < -0.4 is 0 Å². The van der Waals surface area contributed by atoms with Crippen LogP contribution in [-0.4, -0.2) is 26.9 Å². The summed E-state index contributed by atoms with van der Waals surface area (Å²) in [6.07, 6.45) is 0.861. The molecule has 27 heavy (non-hydrogen) atoms. The van der Waals surface area contributed by atoms with Crippen LogP contribution in [-0.2, 0) is 20.0 Å². The molecule has 1 aromatic heterocycles. The van der Waals surface area contributed by atoms with E-state index in [1.807, 2.05) is 47.4 Å². The predicted molar refractivity (Wildman–Crippen MR) is 108 cm³/mol. The first-order chi connectivity index (χ1) is 13.0. The van der Waals surface area contributed by atoms with E-state index in [2.05, 4.69) is 37.6 Å². The normalized spacial score (nSPS) is 13.7. The Bertz CT molecular complexity index is 955. The molecule has 0 radical (unpaired) electrons. The molecule has 0 atom stereocenters. The SMILES string of the molecule is CC(C)c1nc2c(n1C)CCN(C(=O)c1ccc(-c3ccccc3)cc1)C2. The molecule has 2 aromatic carbocycles. The average Bonchev–Trinajstić information content (AvgIpc) is 3.04. The summed E-state index contributed by atoms with van der Waals surface area (Å²) in [5.41, 5.74) is 5.33. The number of carbonyl (C=O) groups excluding carboxylic acids is 1. The summed E-state index contributed by atoms with van der Waals surface area (Å²) in [5.74, 6) is 1.56. The molecule has 0 N–H and O–H groups in total. The molecule has 0 unspecified atom stereocenters. The number of aromatic nitrogens is 2. The Morgan fingerprint density at radius 2 is 1.67 bits per heavy atom. The largest absolute Gasteiger partial charge is 0.334 e. The van der Waals surface area contributed by atoms with Gasteiger partial charge in [0.05, 0.1) is 12.2 Å². The molecule has 1 aliphatic rings. The standard InChI is InChI=1S/C23H25N3O/c1-16(2)22-24-20-15-26(14-13-21(20)25(22)3)23(27)19-11-9-18(10-12-19)17-7-5-4-6-8-17/h4-12,16H,13-15H2,1-3H3. The van der Waals surface area contributed by atoms with Gasteiger partial charge in [0, 0.05) is 37.2 Å². The van der Waals surface area contributed by atoms with Gasteiger partial charge >= 0.3 is 0 Å². The lowest BCUT2D eigenvalue weighted by atomic mass is 10.0. The fourth-order valence-electron chi connectivity index (χ4n) is 3.86. The predicted octanol–water partition coefficient (Wildman–Crippen LogP) is 4.41. The van der Waals surface area contributed by atoms with E-state index in [9.17, 15) is 4.79 Å². The van der Waals surface area contributed by atoms with Crippen LogP contribution in [0.5, 0.6) is 0 Å². The third-order valence-corrected chi connectivity index (χ3v) is 5.33. The summed E-state index contributed by atoms with van der Waals surface area (Å²) in [7, 11) is 2.08. The summed E-state index contributed by atoms with van der Waals surface area (Å²) in [4.78, 5) is 19.7. The maximum atomic E-state index is 13.0. The number of hydrogen-bond donors (Lipinski definition) is 0. The van der Waals surface area contributed by atoms with Gasteiger partial charge in [0.25, 0.3) is 5.91 Å². The molecule has 0 aliphatic carbocycles. The van der Waals surface area contributed by atoms with E-state index >= 15 is 0 Å². The molecule has 1 amide bonds. The first-order valence-corrected chi connectivity index (χ1v) is 9.53. The van der Waals surface area contributed by atoms with Crippen LogP contribution in [0.25, 0.3) is 11.1 Å². The smallest absolute Gasteiger partial charge is 0.254 e. The summed E-state index contributed by atoms with van der Waals surface area (Å²) in [6, 6.07) is 18.1. The van der Waals surface area contributed by atoms with Gasteiger partial charge in [-0.15, -0.1) is 0 Å². The molecule has 0 bridgehead atoms. The zero-order chi connectivity index (χ0) is 19.0. The van der Waals surface area contributed by atoms with E-state index in [4.69, 9.17) is 4.98 Å². The molecule has 2 heterocycles. The molecule has 4 rings (SSSR count). The van der Waals surface area contributed by atoms with Crippen LogP contribution in [0.2, 0.25) is 0 Å². The minimum absolute atomic E-state index is 0.0806. The Hall–Kier alpha value is -2.88. The minimum Gasteiger partial charge on any atom is -0.334 e. The molecule has 0 saturated heterocycles. The fraction of sp³-hybridized carbons (Fsp3) is 0.304. The molecular weight excluding hydrogens is 334 g/mol. The maximum absolute atomic E-state index is 13.0. The van der Waals surface area contributed by atoms with Crippen molar-refractivity contribution in [3.05, 3.63) is 77.4 Å². The fourth-order valence-corrected chi connectivity index (χ4v) is 3.86. The van der Waals surface area contributed by atoms with Crippen molar-refractivity contribution in [2.45, 2.75) is 32.7 Å². The van der Waals surface area contributed by atoms with E-state index in [0.717, 1.165) is 41.2 Å². The molecule has 4 heteroatoms. The van der Waals surface area contributed by atoms with Gasteiger partial charge in [0.2, 0.25) is 0 Å². The van der Waals surface area contributed by atoms with Crippen molar-refractivity contribution in [2.75, 3.05) is 6.54 Å². The highest BCUT2D eigenvalue weighted by molar-refractivity contribution is 5.94.